The van der Waals surface area contributed by atoms with Crippen LogP contribution in [0.1, 0.15) is 6.42 Å². The van der Waals surface area contributed by atoms with Gasteiger partial charge in [-0.1, -0.05) is 6.58 Å². The molecule has 0 unspecified atom stereocenters. The van der Waals surface area contributed by atoms with Gasteiger partial charge in [-0.2, -0.15) is 0 Å². The molecule has 0 aliphatic carbocycles. The Bertz CT molecular complexity index is 429. The summed E-state index contributed by atoms with van der Waals surface area (Å²) in [7, 11) is 1.74. The predicted octanol–water partition coefficient (Wildman–Crippen LogP) is 2.46. The van der Waals surface area contributed by atoms with Crippen molar-refractivity contribution in [3.8, 4) is 0 Å². The molecule has 16 heavy (non-hydrogen) atoms. The van der Waals surface area contributed by atoms with Gasteiger partial charge in [0.05, 0.1) is 0 Å². The average molecular weight is 329 g/mol. The molecule has 0 N–H and O–H groups in total. The normalized spacial score (nSPS) is 16.9. The third-order valence-electron chi connectivity index (χ3n) is 2.60. The van der Waals surface area contributed by atoms with Crippen LogP contribution in [-0.4, -0.2) is 29.5 Å². The predicted molar refractivity (Wildman–Crippen MR) is 71.2 cm³/mol. The molecule has 1 aliphatic heterocycles. The number of carbonyl (C=O) groups is 1. The number of halogens is 1. The van der Waals surface area contributed by atoms with E-state index < -0.39 is 0 Å². The molecule has 0 spiro atoms. The van der Waals surface area contributed by atoms with Crippen molar-refractivity contribution in [3.05, 3.63) is 34.2 Å². The lowest BCUT2D eigenvalue weighted by Crippen LogP contribution is -2.46. The van der Waals surface area contributed by atoms with E-state index in [2.05, 4.69) is 34.2 Å². The molecule has 0 bridgehead atoms. The Balaban J connectivity index is 2.25. The molecule has 1 aromatic rings. The van der Waals surface area contributed by atoms with Crippen LogP contribution in [0.2, 0.25) is 0 Å². The second kappa shape index (κ2) is 4.40. The molecule has 2 heterocycles. The number of hydrogen-bond acceptors (Lipinski definition) is 2. The Morgan fingerprint density at radius 3 is 2.88 bits per heavy atom. The summed E-state index contributed by atoms with van der Waals surface area (Å²) in [5.74, 6) is 0.699. The number of rotatable bonds is 1. The first kappa shape index (κ1) is 11.4. The largest absolute Gasteiger partial charge is 0.329 e. The lowest BCUT2D eigenvalue weighted by Gasteiger charge is -2.33. The molecule has 1 saturated heterocycles. The summed E-state index contributed by atoms with van der Waals surface area (Å²) in [6.45, 7) is 4.49. The van der Waals surface area contributed by atoms with Crippen molar-refractivity contribution < 1.29 is 4.79 Å². The second-order valence-corrected chi connectivity index (χ2v) is 4.89. The molecule has 0 atom stereocenters. The zero-order valence-electron chi connectivity index (χ0n) is 8.98. The molecule has 1 aromatic heterocycles. The Kier molecular flexibility index (Phi) is 3.13. The van der Waals surface area contributed by atoms with Crippen LogP contribution in [0.15, 0.2) is 30.6 Å². The third-order valence-corrected chi connectivity index (χ3v) is 3.24. The summed E-state index contributed by atoms with van der Waals surface area (Å²) < 4.78 is 1.06. The number of hydrogen-bond donors (Lipinski definition) is 0. The Hall–Kier alpha value is -1.11. The average Bonchev–Trinajstić information content (AvgIpc) is 2.28. The SMILES string of the molecule is C=C1CCN(c2ccc(I)cn2)C(=O)N1C. The molecule has 5 heteroatoms. The molecule has 84 valence electrons. The van der Waals surface area contributed by atoms with Gasteiger partial charge in [0.2, 0.25) is 0 Å². The van der Waals surface area contributed by atoms with Crippen molar-refractivity contribution in [1.82, 2.24) is 9.88 Å². The molecule has 0 radical (unpaired) electrons. The molecule has 1 fully saturated rings. The van der Waals surface area contributed by atoms with Crippen molar-refractivity contribution >= 4 is 34.4 Å². The number of urea groups is 1. The van der Waals surface area contributed by atoms with Gasteiger partial charge in [-0.15, -0.1) is 0 Å². The maximum atomic E-state index is 12.0. The maximum Gasteiger partial charge on any atom is 0.329 e. The summed E-state index contributed by atoms with van der Waals surface area (Å²) in [4.78, 5) is 19.5. The number of aromatic nitrogens is 1. The van der Waals surface area contributed by atoms with Gasteiger partial charge in [0.15, 0.2) is 0 Å². The van der Waals surface area contributed by atoms with E-state index in [1.54, 1.807) is 23.0 Å². The first-order chi connectivity index (χ1) is 7.59. The summed E-state index contributed by atoms with van der Waals surface area (Å²) in [5, 5.41) is 0. The molecule has 4 nitrogen and oxygen atoms in total. The van der Waals surface area contributed by atoms with Crippen LogP contribution < -0.4 is 4.90 Å². The Morgan fingerprint density at radius 1 is 1.50 bits per heavy atom. The molecule has 2 amide bonds. The van der Waals surface area contributed by atoms with Crippen LogP contribution in [0.25, 0.3) is 0 Å². The van der Waals surface area contributed by atoms with Crippen LogP contribution in [0.3, 0.4) is 0 Å². The van der Waals surface area contributed by atoms with Crippen molar-refractivity contribution in [3.63, 3.8) is 0 Å². The number of carbonyl (C=O) groups excluding carboxylic acids is 1. The highest BCUT2D eigenvalue weighted by atomic mass is 127. The second-order valence-electron chi connectivity index (χ2n) is 3.64. The highest BCUT2D eigenvalue weighted by molar-refractivity contribution is 14.1. The highest BCUT2D eigenvalue weighted by Gasteiger charge is 2.27. The third kappa shape index (κ3) is 2.04. The molecule has 2 rings (SSSR count). The topological polar surface area (TPSA) is 36.4 Å². The quantitative estimate of drug-likeness (QED) is 0.742. The lowest BCUT2D eigenvalue weighted by atomic mass is 10.2. The van der Waals surface area contributed by atoms with E-state index >= 15 is 0 Å². The van der Waals surface area contributed by atoms with Crippen LogP contribution in [-0.2, 0) is 0 Å². The van der Waals surface area contributed by atoms with Gasteiger partial charge in [0.25, 0.3) is 0 Å². The lowest BCUT2D eigenvalue weighted by molar-refractivity contribution is 0.219. The molecular formula is C11H12IN3O. The Labute approximate surface area is 108 Å². The van der Waals surface area contributed by atoms with E-state index in [1.165, 1.54) is 0 Å². The smallest absolute Gasteiger partial charge is 0.301 e. The first-order valence-electron chi connectivity index (χ1n) is 4.94. The van der Waals surface area contributed by atoms with E-state index in [9.17, 15) is 4.79 Å². The van der Waals surface area contributed by atoms with Crippen LogP contribution >= 0.6 is 22.6 Å². The standard InChI is InChI=1S/C11H12IN3O/c1-8-5-6-15(11(16)14(8)2)10-4-3-9(12)7-13-10/h3-4,7H,1,5-6H2,2H3. The number of amides is 2. The zero-order valence-corrected chi connectivity index (χ0v) is 11.1. The van der Waals surface area contributed by atoms with E-state index in [0.29, 0.717) is 12.4 Å². The fraction of sp³-hybridized carbons (Fsp3) is 0.273. The minimum Gasteiger partial charge on any atom is -0.301 e. The summed E-state index contributed by atoms with van der Waals surface area (Å²) in [6.07, 6.45) is 2.54. The zero-order chi connectivity index (χ0) is 11.7. The summed E-state index contributed by atoms with van der Waals surface area (Å²) >= 11 is 2.19. The van der Waals surface area contributed by atoms with Crippen molar-refractivity contribution in [2.24, 2.45) is 0 Å². The van der Waals surface area contributed by atoms with Gasteiger partial charge in [-0.25, -0.2) is 9.78 Å². The minimum absolute atomic E-state index is 0.0649. The minimum atomic E-state index is -0.0649. The van der Waals surface area contributed by atoms with Gasteiger partial charge in [0.1, 0.15) is 5.82 Å². The van der Waals surface area contributed by atoms with Gasteiger partial charge < -0.3 is 4.90 Å². The highest BCUT2D eigenvalue weighted by Crippen LogP contribution is 2.21. The van der Waals surface area contributed by atoms with Crippen molar-refractivity contribution in [1.29, 1.82) is 0 Å². The van der Waals surface area contributed by atoms with E-state index in [4.69, 9.17) is 0 Å². The fourth-order valence-corrected chi connectivity index (χ4v) is 1.88. The molecular weight excluding hydrogens is 317 g/mol. The number of nitrogens with zero attached hydrogens (tertiary/aromatic N) is 3. The van der Waals surface area contributed by atoms with E-state index in [1.807, 2.05) is 12.1 Å². The van der Waals surface area contributed by atoms with Crippen LogP contribution in [0, 0.1) is 3.57 Å². The van der Waals surface area contributed by atoms with Crippen molar-refractivity contribution in [2.45, 2.75) is 6.42 Å². The van der Waals surface area contributed by atoms with E-state index in [-0.39, 0.29) is 6.03 Å². The van der Waals surface area contributed by atoms with E-state index in [0.717, 1.165) is 15.7 Å². The van der Waals surface area contributed by atoms with Gasteiger partial charge >= 0.3 is 6.03 Å². The molecule has 0 saturated carbocycles. The first-order valence-corrected chi connectivity index (χ1v) is 6.02. The van der Waals surface area contributed by atoms with Crippen LogP contribution in [0.4, 0.5) is 10.6 Å². The fourth-order valence-electron chi connectivity index (χ4n) is 1.56. The molecule has 1 aliphatic rings. The van der Waals surface area contributed by atoms with Gasteiger partial charge in [-0.05, 0) is 34.7 Å². The number of anilines is 1. The van der Waals surface area contributed by atoms with Gasteiger partial charge in [0, 0.05) is 35.5 Å². The Morgan fingerprint density at radius 2 is 2.25 bits per heavy atom. The number of pyridine rings is 1. The maximum absolute atomic E-state index is 12.0. The summed E-state index contributed by atoms with van der Waals surface area (Å²) in [5.41, 5.74) is 0.853. The molecule has 0 aromatic carbocycles. The van der Waals surface area contributed by atoms with Gasteiger partial charge in [-0.3, -0.25) is 4.90 Å². The summed E-state index contributed by atoms with van der Waals surface area (Å²) in [6, 6.07) is 3.74. The van der Waals surface area contributed by atoms with Crippen LogP contribution in [0.5, 0.6) is 0 Å². The van der Waals surface area contributed by atoms with Crippen molar-refractivity contribution in [2.75, 3.05) is 18.5 Å². The monoisotopic (exact) mass is 329 g/mol.